The molecule has 2 aromatic rings. The number of fused-ring (bicyclic) bond motifs is 1. The molecule has 1 aliphatic heterocycles. The van der Waals surface area contributed by atoms with Gasteiger partial charge in [-0.1, -0.05) is 18.2 Å². The minimum absolute atomic E-state index is 0.238. The normalized spacial score (nSPS) is 25.9. The van der Waals surface area contributed by atoms with Gasteiger partial charge in [0.05, 0.1) is 11.5 Å². The largest absolute Gasteiger partial charge is 0.361 e. The number of para-hydroxylation sites is 1. The molecule has 1 aromatic heterocycles. The molecule has 2 N–H and O–H groups in total. The Morgan fingerprint density at radius 1 is 1.37 bits per heavy atom. The van der Waals surface area contributed by atoms with E-state index < -0.39 is 9.84 Å². The summed E-state index contributed by atoms with van der Waals surface area (Å²) < 4.78 is 23.1. The molecule has 4 nitrogen and oxygen atoms in total. The standard InChI is InChI=1S/C14H18N2O2S/c1-14(6-7-19(17,18)10-14)16-9-11-8-15-13-5-3-2-4-12(11)13/h2-5,8,15-16H,6-7,9-10H2,1H3. The summed E-state index contributed by atoms with van der Waals surface area (Å²) in [7, 11) is -2.86. The third kappa shape index (κ3) is 2.53. The lowest BCUT2D eigenvalue weighted by Crippen LogP contribution is -2.42. The van der Waals surface area contributed by atoms with Crippen molar-refractivity contribution in [3.05, 3.63) is 36.0 Å². The fourth-order valence-corrected chi connectivity index (χ4v) is 4.86. The van der Waals surface area contributed by atoms with Gasteiger partial charge in [0.2, 0.25) is 0 Å². The van der Waals surface area contributed by atoms with Crippen molar-refractivity contribution in [2.75, 3.05) is 11.5 Å². The summed E-state index contributed by atoms with van der Waals surface area (Å²) >= 11 is 0. The monoisotopic (exact) mass is 278 g/mol. The van der Waals surface area contributed by atoms with Crippen LogP contribution >= 0.6 is 0 Å². The highest BCUT2D eigenvalue weighted by Crippen LogP contribution is 2.24. The van der Waals surface area contributed by atoms with E-state index in [-0.39, 0.29) is 11.3 Å². The Morgan fingerprint density at radius 3 is 2.89 bits per heavy atom. The van der Waals surface area contributed by atoms with Crippen LogP contribution in [0.1, 0.15) is 18.9 Å². The molecule has 1 fully saturated rings. The number of aromatic nitrogens is 1. The summed E-state index contributed by atoms with van der Waals surface area (Å²) in [6.07, 6.45) is 2.68. The van der Waals surface area contributed by atoms with Crippen LogP contribution in [0.25, 0.3) is 10.9 Å². The Kier molecular flexibility index (Phi) is 2.91. The zero-order valence-electron chi connectivity index (χ0n) is 10.9. The number of sulfone groups is 1. The third-order valence-electron chi connectivity index (χ3n) is 3.88. The van der Waals surface area contributed by atoms with E-state index in [1.807, 2.05) is 31.3 Å². The summed E-state index contributed by atoms with van der Waals surface area (Å²) in [6, 6.07) is 8.14. The molecule has 1 unspecified atom stereocenters. The topological polar surface area (TPSA) is 62.0 Å². The number of hydrogen-bond donors (Lipinski definition) is 2. The summed E-state index contributed by atoms with van der Waals surface area (Å²) in [5.41, 5.74) is 2.00. The van der Waals surface area contributed by atoms with E-state index in [0.29, 0.717) is 18.7 Å². The fraction of sp³-hybridized carbons (Fsp3) is 0.429. The molecular weight excluding hydrogens is 260 g/mol. The van der Waals surface area contributed by atoms with E-state index in [9.17, 15) is 8.42 Å². The first-order valence-electron chi connectivity index (χ1n) is 6.48. The van der Waals surface area contributed by atoms with Crippen LogP contribution in [0.3, 0.4) is 0 Å². The molecule has 5 heteroatoms. The van der Waals surface area contributed by atoms with Gasteiger partial charge in [0.25, 0.3) is 0 Å². The molecule has 102 valence electrons. The Labute approximate surface area is 113 Å². The number of rotatable bonds is 3. The first-order valence-corrected chi connectivity index (χ1v) is 8.30. The number of aromatic amines is 1. The molecule has 1 aliphatic rings. The van der Waals surface area contributed by atoms with Crippen LogP contribution in [0.15, 0.2) is 30.5 Å². The van der Waals surface area contributed by atoms with E-state index in [4.69, 9.17) is 0 Å². The van der Waals surface area contributed by atoms with Crippen LogP contribution in [0.5, 0.6) is 0 Å². The van der Waals surface area contributed by atoms with Gasteiger partial charge >= 0.3 is 0 Å². The zero-order valence-corrected chi connectivity index (χ0v) is 11.8. The predicted octanol–water partition coefficient (Wildman–Crippen LogP) is 1.83. The van der Waals surface area contributed by atoms with E-state index in [1.54, 1.807) is 0 Å². The Hall–Kier alpha value is -1.33. The van der Waals surface area contributed by atoms with Gasteiger partial charge < -0.3 is 10.3 Å². The number of H-pyrrole nitrogens is 1. The summed E-state index contributed by atoms with van der Waals surface area (Å²) in [5.74, 6) is 0.534. The maximum atomic E-state index is 11.6. The zero-order chi connectivity index (χ0) is 13.5. The predicted molar refractivity (Wildman–Crippen MR) is 76.8 cm³/mol. The average Bonchev–Trinajstić information content (AvgIpc) is 2.89. The average molecular weight is 278 g/mol. The van der Waals surface area contributed by atoms with Crippen LogP contribution in [0.2, 0.25) is 0 Å². The van der Waals surface area contributed by atoms with Gasteiger partial charge in [-0.05, 0) is 25.0 Å². The maximum absolute atomic E-state index is 11.6. The second-order valence-corrected chi connectivity index (χ2v) is 7.80. The van der Waals surface area contributed by atoms with Crippen molar-refractivity contribution in [2.24, 2.45) is 0 Å². The minimum Gasteiger partial charge on any atom is -0.361 e. The van der Waals surface area contributed by atoms with E-state index >= 15 is 0 Å². The molecular formula is C14H18N2O2S. The van der Waals surface area contributed by atoms with Gasteiger partial charge in [0.1, 0.15) is 0 Å². The molecule has 19 heavy (non-hydrogen) atoms. The van der Waals surface area contributed by atoms with Gasteiger partial charge in [-0.25, -0.2) is 8.42 Å². The molecule has 0 spiro atoms. The summed E-state index contributed by atoms with van der Waals surface area (Å²) in [5, 5.41) is 4.60. The number of benzene rings is 1. The first kappa shape index (κ1) is 12.7. The van der Waals surface area contributed by atoms with Gasteiger partial charge in [-0.3, -0.25) is 0 Å². The molecule has 0 saturated carbocycles. The van der Waals surface area contributed by atoms with Crippen molar-refractivity contribution in [3.8, 4) is 0 Å². The highest BCUT2D eigenvalue weighted by molar-refractivity contribution is 7.91. The highest BCUT2D eigenvalue weighted by Gasteiger charge is 2.37. The van der Waals surface area contributed by atoms with Crippen LogP contribution in [-0.4, -0.2) is 30.4 Å². The Bertz CT molecular complexity index is 705. The molecule has 1 atom stereocenters. The molecule has 0 radical (unpaired) electrons. The fourth-order valence-electron chi connectivity index (χ4n) is 2.74. The van der Waals surface area contributed by atoms with Crippen molar-refractivity contribution >= 4 is 20.7 Å². The smallest absolute Gasteiger partial charge is 0.152 e. The quantitative estimate of drug-likeness (QED) is 0.900. The SMILES string of the molecule is CC1(NCc2c[nH]c3ccccc23)CCS(=O)(=O)C1. The molecule has 2 heterocycles. The third-order valence-corrected chi connectivity index (χ3v) is 5.79. The Balaban J connectivity index is 1.76. The highest BCUT2D eigenvalue weighted by atomic mass is 32.2. The molecule has 3 rings (SSSR count). The van der Waals surface area contributed by atoms with Crippen molar-refractivity contribution in [1.29, 1.82) is 0 Å². The van der Waals surface area contributed by atoms with Gasteiger partial charge in [-0.15, -0.1) is 0 Å². The van der Waals surface area contributed by atoms with Crippen molar-refractivity contribution in [2.45, 2.75) is 25.4 Å². The van der Waals surface area contributed by atoms with E-state index in [2.05, 4.69) is 16.4 Å². The molecule has 0 bridgehead atoms. The lowest BCUT2D eigenvalue weighted by atomic mass is 10.0. The van der Waals surface area contributed by atoms with Gasteiger partial charge in [0, 0.05) is 29.2 Å². The number of hydrogen-bond acceptors (Lipinski definition) is 3. The Morgan fingerprint density at radius 2 is 2.16 bits per heavy atom. The van der Waals surface area contributed by atoms with Crippen LogP contribution in [0.4, 0.5) is 0 Å². The van der Waals surface area contributed by atoms with E-state index in [0.717, 1.165) is 5.52 Å². The number of nitrogens with one attached hydrogen (secondary N) is 2. The minimum atomic E-state index is -2.86. The van der Waals surface area contributed by atoms with Gasteiger partial charge in [0.15, 0.2) is 9.84 Å². The summed E-state index contributed by atoms with van der Waals surface area (Å²) in [6.45, 7) is 2.68. The summed E-state index contributed by atoms with van der Waals surface area (Å²) in [4.78, 5) is 3.23. The van der Waals surface area contributed by atoms with Crippen molar-refractivity contribution < 1.29 is 8.42 Å². The maximum Gasteiger partial charge on any atom is 0.152 e. The van der Waals surface area contributed by atoms with Crippen LogP contribution in [0, 0.1) is 0 Å². The lowest BCUT2D eigenvalue weighted by molar-refractivity contribution is 0.396. The molecule has 0 amide bonds. The van der Waals surface area contributed by atoms with Crippen LogP contribution in [-0.2, 0) is 16.4 Å². The molecule has 1 aromatic carbocycles. The second-order valence-electron chi connectivity index (χ2n) is 5.62. The van der Waals surface area contributed by atoms with Crippen molar-refractivity contribution in [3.63, 3.8) is 0 Å². The molecule has 0 aliphatic carbocycles. The molecule has 1 saturated heterocycles. The van der Waals surface area contributed by atoms with Gasteiger partial charge in [-0.2, -0.15) is 0 Å². The van der Waals surface area contributed by atoms with Crippen molar-refractivity contribution in [1.82, 2.24) is 10.3 Å². The van der Waals surface area contributed by atoms with E-state index in [1.165, 1.54) is 10.9 Å². The first-order chi connectivity index (χ1) is 8.98. The van der Waals surface area contributed by atoms with Crippen LogP contribution < -0.4 is 5.32 Å². The lowest BCUT2D eigenvalue weighted by Gasteiger charge is -2.23. The second kappa shape index (κ2) is 4.35.